The first-order valence-electron chi connectivity index (χ1n) is 9.90. The fourth-order valence-corrected chi connectivity index (χ4v) is 4.12. The first-order valence-corrected chi connectivity index (χ1v) is 10.3. The van der Waals surface area contributed by atoms with Gasteiger partial charge in [0.2, 0.25) is 0 Å². The second-order valence-corrected chi connectivity index (χ2v) is 8.33. The maximum atomic E-state index is 13.2. The van der Waals surface area contributed by atoms with Crippen molar-refractivity contribution >= 4 is 23.4 Å². The molecule has 0 spiro atoms. The smallest absolute Gasteiger partial charge is 0.351 e. The number of carbonyl (C=O) groups is 2. The van der Waals surface area contributed by atoms with Crippen LogP contribution in [0.25, 0.3) is 0 Å². The molecule has 0 saturated carbocycles. The molecule has 1 heterocycles. The first-order chi connectivity index (χ1) is 15.3. The van der Waals surface area contributed by atoms with Crippen LogP contribution < -0.4 is 5.73 Å². The number of amides is 2. The van der Waals surface area contributed by atoms with Crippen molar-refractivity contribution < 1.29 is 35.9 Å². The molecule has 1 saturated heterocycles. The number of ketones is 1. The summed E-state index contributed by atoms with van der Waals surface area (Å²) in [6.45, 7) is 0.0507. The molecule has 178 valence electrons. The molecule has 11 heteroatoms. The minimum atomic E-state index is -5.05. The summed E-state index contributed by atoms with van der Waals surface area (Å²) in [4.78, 5) is 26.2. The highest BCUT2D eigenvalue weighted by Gasteiger charge is 2.39. The molecule has 1 unspecified atom stereocenters. The number of benzene rings is 2. The zero-order valence-corrected chi connectivity index (χ0v) is 17.8. The van der Waals surface area contributed by atoms with Gasteiger partial charge in [-0.15, -0.1) is 0 Å². The maximum absolute atomic E-state index is 13.2. The van der Waals surface area contributed by atoms with Crippen molar-refractivity contribution in [2.24, 2.45) is 11.7 Å². The van der Waals surface area contributed by atoms with E-state index in [0.717, 1.165) is 5.56 Å². The summed E-state index contributed by atoms with van der Waals surface area (Å²) in [6, 6.07) is 6.28. The van der Waals surface area contributed by atoms with E-state index in [0.29, 0.717) is 23.6 Å². The van der Waals surface area contributed by atoms with Crippen LogP contribution in [0, 0.1) is 5.92 Å². The van der Waals surface area contributed by atoms with Crippen LogP contribution in [0.5, 0.6) is 0 Å². The average Bonchev–Trinajstić information content (AvgIpc) is 2.73. The third-order valence-corrected chi connectivity index (χ3v) is 5.88. The van der Waals surface area contributed by atoms with Crippen molar-refractivity contribution in [3.63, 3.8) is 0 Å². The van der Waals surface area contributed by atoms with Gasteiger partial charge in [-0.1, -0.05) is 23.7 Å². The van der Waals surface area contributed by atoms with Crippen LogP contribution in [-0.4, -0.2) is 29.3 Å². The van der Waals surface area contributed by atoms with Gasteiger partial charge in [0.1, 0.15) is 0 Å². The van der Waals surface area contributed by atoms with E-state index in [4.69, 9.17) is 17.3 Å². The van der Waals surface area contributed by atoms with Crippen LogP contribution in [0.15, 0.2) is 42.5 Å². The summed E-state index contributed by atoms with van der Waals surface area (Å²) in [5, 5.41) is 0.493. The largest absolute Gasteiger partial charge is 0.416 e. The summed E-state index contributed by atoms with van der Waals surface area (Å²) in [5.74, 6) is -1.71. The number of nitrogens with zero attached hydrogens (tertiary/aromatic N) is 1. The van der Waals surface area contributed by atoms with E-state index in [1.165, 1.54) is 4.90 Å². The summed E-state index contributed by atoms with van der Waals surface area (Å²) in [7, 11) is 0. The lowest BCUT2D eigenvalue weighted by molar-refractivity contribution is -0.143. The van der Waals surface area contributed by atoms with Gasteiger partial charge in [0.15, 0.2) is 5.78 Å². The predicted octanol–water partition coefficient (Wildman–Crippen LogP) is 5.96. The van der Waals surface area contributed by atoms with Crippen molar-refractivity contribution in [3.05, 3.63) is 69.7 Å². The van der Waals surface area contributed by atoms with Gasteiger partial charge >= 0.3 is 18.4 Å². The highest BCUT2D eigenvalue weighted by Crippen LogP contribution is 2.37. The number of Topliss-reactive ketones (excluding diaryl/α,β-unsaturated/α-hetero) is 1. The molecule has 4 nitrogen and oxygen atoms in total. The molecular weight excluding hydrogens is 474 g/mol. The molecule has 0 bridgehead atoms. The van der Waals surface area contributed by atoms with E-state index in [2.05, 4.69) is 0 Å². The number of carbonyl (C=O) groups excluding carboxylic acids is 2. The van der Waals surface area contributed by atoms with Crippen LogP contribution in [-0.2, 0) is 18.8 Å². The molecule has 2 atom stereocenters. The lowest BCUT2D eigenvalue weighted by atomic mass is 9.82. The molecule has 1 fully saturated rings. The molecule has 1 aliphatic heterocycles. The Bertz CT molecular complexity index is 1000. The third-order valence-electron chi connectivity index (χ3n) is 5.63. The van der Waals surface area contributed by atoms with E-state index in [9.17, 15) is 35.9 Å². The number of hydrogen-bond donors (Lipinski definition) is 1. The van der Waals surface area contributed by atoms with E-state index in [1.807, 2.05) is 0 Å². The van der Waals surface area contributed by atoms with Crippen molar-refractivity contribution in [3.8, 4) is 0 Å². The van der Waals surface area contributed by atoms with Gasteiger partial charge in [-0.3, -0.25) is 4.79 Å². The lowest BCUT2D eigenvalue weighted by Gasteiger charge is -2.38. The molecule has 2 aromatic carbocycles. The van der Waals surface area contributed by atoms with Gasteiger partial charge in [0.05, 0.1) is 11.1 Å². The van der Waals surface area contributed by atoms with E-state index >= 15 is 0 Å². The predicted molar refractivity (Wildman–Crippen MR) is 109 cm³/mol. The fraction of sp³-hybridized carbons (Fsp3) is 0.364. The molecule has 2 aromatic rings. The molecular formula is C22H19ClF6N2O2. The average molecular weight is 493 g/mol. The first kappa shape index (κ1) is 24.9. The van der Waals surface area contributed by atoms with Crippen molar-refractivity contribution in [2.75, 3.05) is 6.54 Å². The summed E-state index contributed by atoms with van der Waals surface area (Å²) in [6.07, 6.45) is -9.70. The van der Waals surface area contributed by atoms with E-state index in [1.54, 1.807) is 24.3 Å². The minimum Gasteiger partial charge on any atom is -0.351 e. The van der Waals surface area contributed by atoms with Gasteiger partial charge in [-0.05, 0) is 55.2 Å². The molecule has 3 rings (SSSR count). The standard InChI is InChI=1S/C22H19ClF6N2O2/c23-17-3-1-12(2-4-17)7-18-10-13(5-6-31(18)20(30)33)19(32)14-8-15(21(24,25)26)11-16(9-14)22(27,28)29/h1-4,8-9,11,13,18H,5-7,10H2,(H2,30,33)/t13?,18-/m0/s1. The SMILES string of the molecule is NC(=O)N1CCC(C(=O)c2cc(C(F)(F)F)cc(C(F)(F)F)c2)C[C@@H]1Cc1ccc(Cl)cc1. The van der Waals surface area contributed by atoms with Crippen LogP contribution in [0.1, 0.15) is 39.9 Å². The summed E-state index contributed by atoms with van der Waals surface area (Å²) < 4.78 is 79.0. The lowest BCUT2D eigenvalue weighted by Crippen LogP contribution is -2.50. The summed E-state index contributed by atoms with van der Waals surface area (Å²) >= 11 is 5.87. The van der Waals surface area contributed by atoms with Crippen LogP contribution >= 0.6 is 11.6 Å². The van der Waals surface area contributed by atoms with Crippen molar-refractivity contribution in [1.29, 1.82) is 0 Å². The zero-order chi connectivity index (χ0) is 24.6. The molecule has 0 aliphatic carbocycles. The molecule has 2 N–H and O–H groups in total. The second kappa shape index (κ2) is 9.24. The monoisotopic (exact) mass is 492 g/mol. The highest BCUT2D eigenvalue weighted by molar-refractivity contribution is 6.30. The molecule has 1 aliphatic rings. The number of rotatable bonds is 4. The highest BCUT2D eigenvalue weighted by atomic mass is 35.5. The third kappa shape index (κ3) is 5.98. The number of nitrogens with two attached hydrogens (primary N) is 1. The van der Waals surface area contributed by atoms with Crippen LogP contribution in [0.2, 0.25) is 5.02 Å². The van der Waals surface area contributed by atoms with Crippen LogP contribution in [0.4, 0.5) is 31.1 Å². The molecule has 2 amide bonds. The Kier molecular flexibility index (Phi) is 6.97. The Morgan fingerprint density at radius 2 is 1.52 bits per heavy atom. The maximum Gasteiger partial charge on any atom is 0.416 e. The fourth-order valence-electron chi connectivity index (χ4n) is 4.00. The van der Waals surface area contributed by atoms with Gasteiger partial charge < -0.3 is 10.6 Å². The normalized spacial score (nSPS) is 19.4. The number of alkyl halides is 6. The van der Waals surface area contributed by atoms with Crippen molar-refractivity contribution in [1.82, 2.24) is 4.90 Å². The number of hydrogen-bond acceptors (Lipinski definition) is 2. The topological polar surface area (TPSA) is 63.4 Å². The molecule has 0 aromatic heterocycles. The van der Waals surface area contributed by atoms with Crippen LogP contribution in [0.3, 0.4) is 0 Å². The van der Waals surface area contributed by atoms with E-state index in [-0.39, 0.29) is 25.5 Å². The molecule has 33 heavy (non-hydrogen) atoms. The van der Waals surface area contributed by atoms with Gasteiger partial charge in [-0.25, -0.2) is 4.79 Å². The Morgan fingerprint density at radius 1 is 0.970 bits per heavy atom. The Labute approximate surface area is 190 Å². The number of halogens is 7. The molecule has 0 radical (unpaired) electrons. The number of piperidine rings is 1. The Hall–Kier alpha value is -2.75. The second-order valence-electron chi connectivity index (χ2n) is 7.90. The summed E-state index contributed by atoms with van der Waals surface area (Å²) in [5.41, 5.74) is 2.45. The number of likely N-dealkylation sites (tertiary alicyclic amines) is 1. The van der Waals surface area contributed by atoms with Gasteiger partial charge in [0, 0.05) is 29.1 Å². The van der Waals surface area contributed by atoms with Gasteiger partial charge in [-0.2, -0.15) is 26.3 Å². The quantitative estimate of drug-likeness (QED) is 0.422. The van der Waals surface area contributed by atoms with E-state index < -0.39 is 52.8 Å². The zero-order valence-electron chi connectivity index (χ0n) is 17.0. The van der Waals surface area contributed by atoms with Crippen molar-refractivity contribution in [2.45, 2.75) is 37.7 Å². The van der Waals surface area contributed by atoms with Gasteiger partial charge in [0.25, 0.3) is 0 Å². The number of primary amides is 1. The Morgan fingerprint density at radius 3 is 2.00 bits per heavy atom. The minimum absolute atomic E-state index is 0.0180. The number of urea groups is 1. The Balaban J connectivity index is 1.90.